The summed E-state index contributed by atoms with van der Waals surface area (Å²) in [5, 5.41) is 0. The molecular weight excluding hydrogens is 665 g/mol. The van der Waals surface area contributed by atoms with Gasteiger partial charge in [-0.2, -0.15) is 0 Å². The van der Waals surface area contributed by atoms with E-state index < -0.39 is 0 Å². The van der Waals surface area contributed by atoms with Crippen molar-refractivity contribution in [2.45, 2.75) is 169 Å². The highest BCUT2D eigenvalue weighted by Crippen LogP contribution is 2.47. The van der Waals surface area contributed by atoms with E-state index in [1.54, 1.807) is 0 Å². The van der Waals surface area contributed by atoms with Gasteiger partial charge in [-0.15, -0.1) is 45.3 Å². The van der Waals surface area contributed by atoms with Crippen molar-refractivity contribution in [1.29, 1.82) is 0 Å². The molecule has 0 aliphatic rings. The van der Waals surface area contributed by atoms with Crippen LogP contribution < -0.4 is 9.47 Å². The minimum absolute atomic E-state index is 0.835. The molecule has 0 saturated carbocycles. The van der Waals surface area contributed by atoms with Crippen LogP contribution in [0.1, 0.15) is 165 Å². The average Bonchev–Trinajstić information content (AvgIpc) is 3.85. The molecule has 4 heterocycles. The molecule has 0 N–H and O–H groups in total. The summed E-state index contributed by atoms with van der Waals surface area (Å²) in [4.78, 5) is 7.97. The van der Waals surface area contributed by atoms with Crippen LogP contribution in [-0.2, 0) is 0 Å². The number of aryl methyl sites for hydroxylation is 2. The predicted molar refractivity (Wildman–Crippen MR) is 220 cm³/mol. The van der Waals surface area contributed by atoms with E-state index in [1.807, 2.05) is 45.3 Å². The van der Waals surface area contributed by atoms with Gasteiger partial charge < -0.3 is 9.47 Å². The molecule has 4 rings (SSSR count). The number of rotatable bonds is 28. The molecule has 4 aromatic rings. The molecule has 0 aromatic carbocycles. The summed E-state index contributed by atoms with van der Waals surface area (Å²) in [6.07, 6.45) is 30.1. The van der Waals surface area contributed by atoms with Crippen LogP contribution in [0.2, 0.25) is 0 Å². The van der Waals surface area contributed by atoms with Crippen molar-refractivity contribution in [3.8, 4) is 31.0 Å². The smallest absolute Gasteiger partial charge is 0.133 e. The molecule has 0 aliphatic carbocycles. The van der Waals surface area contributed by atoms with Gasteiger partial charge in [0.05, 0.1) is 13.2 Å². The Morgan fingerprint density at radius 3 is 1.00 bits per heavy atom. The lowest BCUT2D eigenvalue weighted by atomic mass is 10.1. The van der Waals surface area contributed by atoms with Gasteiger partial charge in [0.15, 0.2) is 0 Å². The van der Waals surface area contributed by atoms with Crippen LogP contribution in [0.25, 0.3) is 28.9 Å². The summed E-state index contributed by atoms with van der Waals surface area (Å²) in [6, 6.07) is 9.32. The molecule has 0 spiro atoms. The zero-order valence-corrected chi connectivity index (χ0v) is 34.0. The third kappa shape index (κ3) is 13.8. The van der Waals surface area contributed by atoms with Crippen molar-refractivity contribution in [2.75, 3.05) is 13.2 Å². The summed E-state index contributed by atoms with van der Waals surface area (Å²) in [5.41, 5.74) is 0. The third-order valence-corrected chi connectivity index (χ3v) is 14.2. The molecule has 0 aliphatic heterocycles. The van der Waals surface area contributed by atoms with Crippen molar-refractivity contribution in [3.05, 3.63) is 34.0 Å². The standard InChI is InChI=1S/C42H64O2S4/c1-5-7-9-11-13-15-17-19-21-23-25-27-43-35-29-37(45-33(35)3)39-31-41-42(47-39)32-40(48-41)38-30-36(34(4)46-38)44-28-26-24-22-20-18-16-14-12-10-8-6-2/h29-32H,5-28H2,1-4H3. The molecular formula is C42H64O2S4. The van der Waals surface area contributed by atoms with E-state index >= 15 is 0 Å². The van der Waals surface area contributed by atoms with Crippen LogP contribution in [0.3, 0.4) is 0 Å². The lowest BCUT2D eigenvalue weighted by molar-refractivity contribution is 0.304. The molecule has 0 unspecified atom stereocenters. The van der Waals surface area contributed by atoms with Crippen LogP contribution in [0.4, 0.5) is 0 Å². The first-order valence-corrected chi connectivity index (χ1v) is 22.9. The Morgan fingerprint density at radius 2 is 0.667 bits per heavy atom. The largest absolute Gasteiger partial charge is 0.492 e. The maximum Gasteiger partial charge on any atom is 0.133 e. The zero-order chi connectivity index (χ0) is 33.8. The van der Waals surface area contributed by atoms with Gasteiger partial charge in [-0.25, -0.2) is 0 Å². The second kappa shape index (κ2) is 23.2. The van der Waals surface area contributed by atoms with Crippen molar-refractivity contribution < 1.29 is 9.47 Å². The maximum atomic E-state index is 6.25. The van der Waals surface area contributed by atoms with E-state index in [4.69, 9.17) is 9.47 Å². The number of thiophene rings is 4. The number of hydrogen-bond donors (Lipinski definition) is 0. The van der Waals surface area contributed by atoms with Crippen molar-refractivity contribution in [3.63, 3.8) is 0 Å². The lowest BCUT2D eigenvalue weighted by Crippen LogP contribution is -1.97. The van der Waals surface area contributed by atoms with Gasteiger partial charge in [0, 0.05) is 38.7 Å². The Hall–Kier alpha value is -1.34. The Kier molecular flexibility index (Phi) is 19.1. The molecule has 0 atom stereocenters. The minimum Gasteiger partial charge on any atom is -0.492 e. The first-order valence-electron chi connectivity index (χ1n) is 19.6. The van der Waals surface area contributed by atoms with Crippen molar-refractivity contribution in [1.82, 2.24) is 0 Å². The number of ether oxygens (including phenoxy) is 2. The summed E-state index contributed by atoms with van der Waals surface area (Å²) < 4.78 is 15.3. The molecule has 6 heteroatoms. The van der Waals surface area contributed by atoms with Crippen LogP contribution >= 0.6 is 45.3 Å². The Morgan fingerprint density at radius 1 is 0.375 bits per heavy atom. The van der Waals surface area contributed by atoms with E-state index in [9.17, 15) is 0 Å². The molecule has 0 saturated heterocycles. The number of fused-ring (bicyclic) bond motifs is 1. The average molecular weight is 729 g/mol. The van der Waals surface area contributed by atoms with Gasteiger partial charge in [-0.1, -0.05) is 142 Å². The van der Waals surface area contributed by atoms with Gasteiger partial charge in [0.25, 0.3) is 0 Å². The molecule has 268 valence electrons. The topological polar surface area (TPSA) is 18.5 Å². The highest BCUT2D eigenvalue weighted by molar-refractivity contribution is 7.33. The SMILES string of the molecule is CCCCCCCCCCCCCOc1cc(-c2cc3sc(-c4cc(OCCCCCCCCCCCCC)c(C)s4)cc3s2)sc1C. The van der Waals surface area contributed by atoms with Gasteiger partial charge in [0.1, 0.15) is 11.5 Å². The van der Waals surface area contributed by atoms with E-state index in [0.717, 1.165) is 37.6 Å². The number of hydrogen-bond acceptors (Lipinski definition) is 6. The monoisotopic (exact) mass is 728 g/mol. The summed E-state index contributed by atoms with van der Waals surface area (Å²) >= 11 is 7.57. The fourth-order valence-corrected chi connectivity index (χ4v) is 10.9. The first kappa shape index (κ1) is 39.4. The zero-order valence-electron chi connectivity index (χ0n) is 30.7. The Labute approximate surface area is 309 Å². The van der Waals surface area contributed by atoms with Gasteiger partial charge in [-0.3, -0.25) is 0 Å². The fourth-order valence-electron chi connectivity index (χ4n) is 6.44. The van der Waals surface area contributed by atoms with Gasteiger partial charge in [0.2, 0.25) is 0 Å². The molecule has 48 heavy (non-hydrogen) atoms. The van der Waals surface area contributed by atoms with E-state index in [-0.39, 0.29) is 0 Å². The molecule has 0 bridgehead atoms. The molecule has 4 aromatic heterocycles. The molecule has 0 radical (unpaired) electrons. The summed E-state index contributed by atoms with van der Waals surface area (Å²) in [6.45, 7) is 10.7. The summed E-state index contributed by atoms with van der Waals surface area (Å²) in [5.74, 6) is 2.16. The van der Waals surface area contributed by atoms with E-state index in [0.29, 0.717) is 0 Å². The highest BCUT2D eigenvalue weighted by atomic mass is 32.1. The predicted octanol–water partition coefficient (Wildman–Crippen LogP) is 16.4. The fraction of sp³-hybridized carbons (Fsp3) is 0.667. The molecule has 0 amide bonds. The summed E-state index contributed by atoms with van der Waals surface area (Å²) in [7, 11) is 0. The molecule has 0 fully saturated rings. The van der Waals surface area contributed by atoms with Crippen LogP contribution in [0.15, 0.2) is 24.3 Å². The molecule has 2 nitrogen and oxygen atoms in total. The van der Waals surface area contributed by atoms with Crippen LogP contribution in [0, 0.1) is 13.8 Å². The second-order valence-electron chi connectivity index (χ2n) is 13.8. The van der Waals surface area contributed by atoms with Crippen molar-refractivity contribution >= 4 is 54.7 Å². The normalized spacial score (nSPS) is 11.7. The van der Waals surface area contributed by atoms with Gasteiger partial charge in [-0.05, 0) is 51.0 Å². The highest BCUT2D eigenvalue weighted by Gasteiger charge is 2.16. The van der Waals surface area contributed by atoms with Crippen LogP contribution in [0.5, 0.6) is 11.5 Å². The van der Waals surface area contributed by atoms with E-state index in [2.05, 4.69) is 52.0 Å². The van der Waals surface area contributed by atoms with Gasteiger partial charge >= 0.3 is 0 Å². The lowest BCUT2D eigenvalue weighted by Gasteiger charge is -2.05. The Bertz CT molecular complexity index is 1270. The first-order chi connectivity index (χ1) is 23.6. The minimum atomic E-state index is 0.835. The third-order valence-electron chi connectivity index (χ3n) is 9.45. The van der Waals surface area contributed by atoms with Crippen LogP contribution in [-0.4, -0.2) is 13.2 Å². The quantitative estimate of drug-likeness (QED) is 0.0542. The van der Waals surface area contributed by atoms with E-state index in [1.165, 1.54) is 167 Å². The van der Waals surface area contributed by atoms with Crippen molar-refractivity contribution in [2.24, 2.45) is 0 Å². The maximum absolute atomic E-state index is 6.25. The number of unbranched alkanes of at least 4 members (excludes halogenated alkanes) is 20. The second-order valence-corrected chi connectivity index (χ2v) is 18.5. The Balaban J connectivity index is 1.13.